The molecule has 2 atom stereocenters. The minimum Gasteiger partial charge on any atom is -0.457 e. The minimum absolute atomic E-state index is 0.458. The van der Waals surface area contributed by atoms with E-state index in [1.807, 2.05) is 48.5 Å². The van der Waals surface area contributed by atoms with Crippen LogP contribution in [-0.2, 0) is 24.1 Å². The molecule has 1 heterocycles. The smallest absolute Gasteiger partial charge is 0.244 e. The van der Waals surface area contributed by atoms with Gasteiger partial charge in [-0.15, -0.1) is 23.2 Å². The standard InChI is InChI=1S/C32H21Cl3N2O4/c33-18-9-13-20(14-10-18)41-21-15-11-19(12-16-21)36-26(38)17-37-29(39)27-28(30(37)40)32(35)23-6-2-1-5-22(23)31(27,34)24-7-3-4-8-25(24)32/h1-16,27-28H,17H2,(H,36,38)/t27-,28-,31?,32?/m0/s1. The Kier molecular flexibility index (Phi) is 5.95. The Hall–Kier alpha value is -3.84. The number of hydrogen-bond acceptors (Lipinski definition) is 4. The molecule has 1 aliphatic heterocycles. The number of rotatable bonds is 5. The SMILES string of the molecule is O=C(CN1C(=O)[C@@H]2[C@@H](C1=O)C1(Cl)c3ccccc3C2(Cl)c2ccccc21)Nc1ccc(Oc2ccc(Cl)cc2)cc1. The quantitative estimate of drug-likeness (QED) is 0.204. The van der Waals surface area contributed by atoms with E-state index in [0.717, 1.165) is 4.90 Å². The van der Waals surface area contributed by atoms with Gasteiger partial charge in [0.15, 0.2) is 0 Å². The summed E-state index contributed by atoms with van der Waals surface area (Å²) >= 11 is 20.8. The second-order valence-corrected chi connectivity index (χ2v) is 12.0. The predicted octanol–water partition coefficient (Wildman–Crippen LogP) is 6.66. The molecule has 204 valence electrons. The number of likely N-dealkylation sites (tertiary alicyclic amines) is 1. The van der Waals surface area contributed by atoms with E-state index in [2.05, 4.69) is 5.32 Å². The zero-order valence-corrected chi connectivity index (χ0v) is 23.6. The van der Waals surface area contributed by atoms with Crippen LogP contribution in [-0.4, -0.2) is 29.2 Å². The van der Waals surface area contributed by atoms with Crippen molar-refractivity contribution in [3.8, 4) is 11.5 Å². The van der Waals surface area contributed by atoms with Gasteiger partial charge in [0.25, 0.3) is 0 Å². The van der Waals surface area contributed by atoms with E-state index in [1.165, 1.54) is 0 Å². The Labute approximate surface area is 250 Å². The number of imide groups is 1. The molecular formula is C32H21Cl3N2O4. The monoisotopic (exact) mass is 602 g/mol. The molecule has 6 nitrogen and oxygen atoms in total. The minimum atomic E-state index is -1.29. The first kappa shape index (κ1) is 26.1. The van der Waals surface area contributed by atoms with Gasteiger partial charge in [0.2, 0.25) is 17.7 Å². The summed E-state index contributed by atoms with van der Waals surface area (Å²) in [5.41, 5.74) is 3.34. The van der Waals surface area contributed by atoms with E-state index in [-0.39, 0.29) is 0 Å². The van der Waals surface area contributed by atoms with Crippen LogP contribution in [0.5, 0.6) is 11.5 Å². The molecule has 3 aliphatic carbocycles. The van der Waals surface area contributed by atoms with Crippen LogP contribution in [0.15, 0.2) is 97.1 Å². The maximum atomic E-state index is 13.9. The van der Waals surface area contributed by atoms with Crippen LogP contribution >= 0.6 is 34.8 Å². The van der Waals surface area contributed by atoms with Gasteiger partial charge in [0, 0.05) is 10.7 Å². The van der Waals surface area contributed by atoms with Crippen molar-refractivity contribution in [3.05, 3.63) is 124 Å². The average Bonchev–Trinajstić information content (AvgIpc) is 3.24. The number of anilines is 1. The molecule has 41 heavy (non-hydrogen) atoms. The molecule has 0 unspecified atom stereocenters. The first-order valence-corrected chi connectivity index (χ1v) is 14.1. The van der Waals surface area contributed by atoms with E-state index in [4.69, 9.17) is 39.5 Å². The Balaban J connectivity index is 1.14. The highest BCUT2D eigenvalue weighted by molar-refractivity contribution is 6.36. The third-order valence-corrected chi connectivity index (χ3v) is 9.70. The number of halogens is 3. The summed E-state index contributed by atoms with van der Waals surface area (Å²) < 4.78 is 5.79. The van der Waals surface area contributed by atoms with Crippen molar-refractivity contribution in [1.29, 1.82) is 0 Å². The fraction of sp³-hybridized carbons (Fsp3) is 0.156. The summed E-state index contributed by atoms with van der Waals surface area (Å²) in [6, 6.07) is 28.5. The van der Waals surface area contributed by atoms with Gasteiger partial charge in [0.05, 0.1) is 11.8 Å². The number of hydrogen-bond donors (Lipinski definition) is 1. The van der Waals surface area contributed by atoms with E-state index in [9.17, 15) is 14.4 Å². The van der Waals surface area contributed by atoms with Crippen molar-refractivity contribution in [2.24, 2.45) is 11.8 Å². The maximum Gasteiger partial charge on any atom is 0.244 e. The molecule has 4 aromatic rings. The van der Waals surface area contributed by atoms with Gasteiger partial charge in [-0.05, 0) is 70.8 Å². The molecule has 1 saturated heterocycles. The van der Waals surface area contributed by atoms with E-state index < -0.39 is 45.9 Å². The lowest BCUT2D eigenvalue weighted by atomic mass is 9.54. The molecule has 0 aromatic heterocycles. The normalized spacial score (nSPS) is 25.4. The number of carbonyl (C=O) groups excluding carboxylic acids is 3. The van der Waals surface area contributed by atoms with E-state index in [0.29, 0.717) is 44.5 Å². The number of ether oxygens (including phenoxy) is 1. The summed E-state index contributed by atoms with van der Waals surface area (Å²) in [5, 5.41) is 3.36. The molecule has 8 rings (SSSR count). The number of nitrogens with zero attached hydrogens (tertiary/aromatic N) is 1. The van der Waals surface area contributed by atoms with Gasteiger partial charge in [-0.3, -0.25) is 19.3 Å². The average molecular weight is 604 g/mol. The largest absolute Gasteiger partial charge is 0.457 e. The van der Waals surface area contributed by atoms with Gasteiger partial charge in [-0.25, -0.2) is 0 Å². The molecule has 4 aliphatic rings. The number of alkyl halides is 2. The lowest BCUT2D eigenvalue weighted by Crippen LogP contribution is -2.57. The number of carbonyl (C=O) groups is 3. The van der Waals surface area contributed by atoms with Gasteiger partial charge < -0.3 is 10.1 Å². The van der Waals surface area contributed by atoms with E-state index >= 15 is 0 Å². The van der Waals surface area contributed by atoms with Gasteiger partial charge >= 0.3 is 0 Å². The van der Waals surface area contributed by atoms with Crippen LogP contribution in [0.4, 0.5) is 5.69 Å². The highest BCUT2D eigenvalue weighted by Gasteiger charge is 2.73. The van der Waals surface area contributed by atoms with Crippen molar-refractivity contribution in [3.63, 3.8) is 0 Å². The van der Waals surface area contributed by atoms with Crippen LogP contribution in [0.3, 0.4) is 0 Å². The number of benzene rings is 4. The predicted molar refractivity (Wildman–Crippen MR) is 156 cm³/mol. The fourth-order valence-corrected chi connectivity index (χ4v) is 7.69. The summed E-state index contributed by atoms with van der Waals surface area (Å²) in [6.45, 7) is -0.458. The molecule has 3 amide bonds. The molecule has 1 fully saturated rings. The molecule has 1 N–H and O–H groups in total. The van der Waals surface area contributed by atoms with Crippen molar-refractivity contribution >= 4 is 58.2 Å². The third kappa shape index (κ3) is 3.74. The van der Waals surface area contributed by atoms with Gasteiger partial charge in [-0.1, -0.05) is 60.1 Å². The molecule has 0 spiro atoms. The maximum absolute atomic E-state index is 13.9. The topological polar surface area (TPSA) is 75.7 Å². The van der Waals surface area contributed by atoms with Crippen molar-refractivity contribution < 1.29 is 19.1 Å². The lowest BCUT2D eigenvalue weighted by molar-refractivity contribution is -0.142. The van der Waals surface area contributed by atoms with Crippen molar-refractivity contribution in [2.75, 3.05) is 11.9 Å². The summed E-state index contributed by atoms with van der Waals surface area (Å²) in [7, 11) is 0. The Morgan fingerprint density at radius 3 is 1.56 bits per heavy atom. The summed E-state index contributed by atoms with van der Waals surface area (Å²) in [5.74, 6) is -2.25. The Morgan fingerprint density at radius 2 is 1.12 bits per heavy atom. The Bertz CT molecular complexity index is 1620. The number of amides is 3. The molecular weight excluding hydrogens is 583 g/mol. The van der Waals surface area contributed by atoms with Crippen molar-refractivity contribution in [2.45, 2.75) is 9.75 Å². The molecule has 9 heteroatoms. The summed E-state index contributed by atoms with van der Waals surface area (Å²) in [6.07, 6.45) is 0. The molecule has 0 radical (unpaired) electrons. The molecule has 2 bridgehead atoms. The van der Waals surface area contributed by atoms with Crippen LogP contribution < -0.4 is 10.1 Å². The van der Waals surface area contributed by atoms with Crippen LogP contribution in [0.2, 0.25) is 5.02 Å². The second-order valence-electron chi connectivity index (χ2n) is 10.4. The van der Waals surface area contributed by atoms with Crippen LogP contribution in [0.1, 0.15) is 22.3 Å². The number of nitrogens with one attached hydrogen (secondary N) is 1. The van der Waals surface area contributed by atoms with Crippen LogP contribution in [0, 0.1) is 11.8 Å². The van der Waals surface area contributed by atoms with E-state index in [1.54, 1.807) is 48.5 Å². The highest BCUT2D eigenvalue weighted by atomic mass is 35.5. The van der Waals surface area contributed by atoms with Crippen LogP contribution in [0.25, 0.3) is 0 Å². The Morgan fingerprint density at radius 1 is 0.707 bits per heavy atom. The lowest BCUT2D eigenvalue weighted by Gasteiger charge is -2.54. The van der Waals surface area contributed by atoms with Crippen molar-refractivity contribution in [1.82, 2.24) is 4.90 Å². The zero-order valence-electron chi connectivity index (χ0n) is 21.3. The fourth-order valence-electron chi connectivity index (χ4n) is 6.47. The van der Waals surface area contributed by atoms with Gasteiger partial charge in [0.1, 0.15) is 27.8 Å². The second kappa shape index (κ2) is 9.35. The summed E-state index contributed by atoms with van der Waals surface area (Å²) in [4.78, 5) is 39.3. The first-order chi connectivity index (χ1) is 19.7. The van der Waals surface area contributed by atoms with Gasteiger partial charge in [-0.2, -0.15) is 0 Å². The molecule has 0 saturated carbocycles. The third-order valence-electron chi connectivity index (χ3n) is 8.17. The zero-order chi connectivity index (χ0) is 28.5. The molecule has 4 aromatic carbocycles. The first-order valence-electron chi connectivity index (χ1n) is 13.0. The highest BCUT2D eigenvalue weighted by Crippen LogP contribution is 2.69.